The highest BCUT2D eigenvalue weighted by Crippen LogP contribution is 2.36. The Morgan fingerprint density at radius 2 is 1.62 bits per heavy atom. The van der Waals surface area contributed by atoms with Gasteiger partial charge in [0.1, 0.15) is 5.82 Å². The van der Waals surface area contributed by atoms with Gasteiger partial charge < -0.3 is 14.6 Å². The van der Waals surface area contributed by atoms with E-state index in [-0.39, 0.29) is 16.9 Å². The molecule has 1 aliphatic heterocycles. The highest BCUT2D eigenvalue weighted by Gasteiger charge is 2.53. The zero-order valence-corrected chi connectivity index (χ0v) is 15.5. The lowest BCUT2D eigenvalue weighted by Crippen LogP contribution is -2.42. The van der Waals surface area contributed by atoms with Crippen molar-refractivity contribution in [1.82, 2.24) is 5.32 Å². The molecule has 0 radical (unpaired) electrons. The average molecular weight is 355 g/mol. The van der Waals surface area contributed by atoms with Crippen LogP contribution in [0.1, 0.15) is 43.6 Å². The molecule has 0 aromatic heterocycles. The van der Waals surface area contributed by atoms with Crippen molar-refractivity contribution in [1.29, 1.82) is 0 Å². The molecule has 1 N–H and O–H groups in total. The lowest BCUT2D eigenvalue weighted by atomic mass is 9.75. The lowest BCUT2D eigenvalue weighted by molar-refractivity contribution is 0.00578. The molecule has 136 valence electrons. The minimum atomic E-state index is -0.932. The highest BCUT2D eigenvalue weighted by molar-refractivity contribution is 6.63. The molecular formula is C20H23BFNO3. The van der Waals surface area contributed by atoms with Crippen molar-refractivity contribution in [3.63, 3.8) is 0 Å². The predicted molar refractivity (Wildman–Crippen MR) is 99.7 cm³/mol. The van der Waals surface area contributed by atoms with Gasteiger partial charge in [0.05, 0.1) is 11.2 Å². The van der Waals surface area contributed by atoms with Crippen LogP contribution in [0, 0.1) is 5.82 Å². The van der Waals surface area contributed by atoms with E-state index in [1.54, 1.807) is 6.07 Å². The van der Waals surface area contributed by atoms with Crippen molar-refractivity contribution < 1.29 is 18.5 Å². The van der Waals surface area contributed by atoms with Gasteiger partial charge in [0.15, 0.2) is 0 Å². The molecule has 0 bridgehead atoms. The van der Waals surface area contributed by atoms with E-state index in [0.29, 0.717) is 6.54 Å². The molecule has 2 aromatic carbocycles. The number of hydrogen-bond acceptors (Lipinski definition) is 3. The van der Waals surface area contributed by atoms with Crippen LogP contribution >= 0.6 is 0 Å². The Morgan fingerprint density at radius 1 is 1.00 bits per heavy atom. The van der Waals surface area contributed by atoms with Crippen LogP contribution in [0.25, 0.3) is 0 Å². The summed E-state index contributed by atoms with van der Waals surface area (Å²) in [6.45, 7) is 7.93. The number of rotatable bonds is 4. The monoisotopic (exact) mass is 355 g/mol. The quantitative estimate of drug-likeness (QED) is 0.858. The van der Waals surface area contributed by atoms with Crippen molar-refractivity contribution in [2.24, 2.45) is 0 Å². The second-order valence-corrected chi connectivity index (χ2v) is 7.46. The Kier molecular flexibility index (Phi) is 4.91. The second-order valence-electron chi connectivity index (χ2n) is 7.46. The summed E-state index contributed by atoms with van der Waals surface area (Å²) in [6, 6.07) is 14.0. The third-order valence-electron chi connectivity index (χ3n) is 5.08. The third-order valence-corrected chi connectivity index (χ3v) is 5.08. The molecule has 1 amide bonds. The Bertz CT molecular complexity index is 792. The van der Waals surface area contributed by atoms with E-state index < -0.39 is 24.1 Å². The zero-order chi connectivity index (χ0) is 18.9. The minimum absolute atomic E-state index is 0.136. The maximum absolute atomic E-state index is 14.6. The van der Waals surface area contributed by atoms with Crippen molar-refractivity contribution in [3.8, 4) is 0 Å². The van der Waals surface area contributed by atoms with Gasteiger partial charge in [0.25, 0.3) is 5.91 Å². The standard InChI is InChI=1S/C20H23BFNO3/c1-19(2)20(3,4)26-21(25-19)17-15(11-8-12-16(17)22)18(24)23-13-14-9-6-5-7-10-14/h5-12H,13H2,1-4H3,(H,23,24). The second kappa shape index (κ2) is 6.85. The average Bonchev–Trinajstić information content (AvgIpc) is 2.80. The molecule has 26 heavy (non-hydrogen) atoms. The number of carbonyl (C=O) groups is 1. The maximum Gasteiger partial charge on any atom is 0.498 e. The molecule has 1 fully saturated rings. The van der Waals surface area contributed by atoms with Gasteiger partial charge in [-0.1, -0.05) is 36.4 Å². The summed E-state index contributed by atoms with van der Waals surface area (Å²) < 4.78 is 26.5. The molecule has 0 atom stereocenters. The van der Waals surface area contributed by atoms with E-state index in [9.17, 15) is 9.18 Å². The first-order valence-corrected chi connectivity index (χ1v) is 8.67. The number of carbonyl (C=O) groups excluding carboxylic acids is 1. The highest BCUT2D eigenvalue weighted by atomic mass is 19.1. The lowest BCUT2D eigenvalue weighted by Gasteiger charge is -2.32. The van der Waals surface area contributed by atoms with Crippen molar-refractivity contribution in [3.05, 3.63) is 65.5 Å². The van der Waals surface area contributed by atoms with Crippen LogP contribution in [0.2, 0.25) is 0 Å². The summed E-state index contributed by atoms with van der Waals surface area (Å²) in [5.41, 5.74) is 0.0979. The predicted octanol–water partition coefficient (Wildman–Crippen LogP) is 3.05. The topological polar surface area (TPSA) is 47.6 Å². The van der Waals surface area contributed by atoms with Crippen LogP contribution in [-0.2, 0) is 15.9 Å². The van der Waals surface area contributed by atoms with Gasteiger partial charge in [-0.25, -0.2) is 4.39 Å². The van der Waals surface area contributed by atoms with Crippen molar-refractivity contribution in [2.75, 3.05) is 0 Å². The minimum Gasteiger partial charge on any atom is -0.399 e. The van der Waals surface area contributed by atoms with Crippen LogP contribution in [0.5, 0.6) is 0 Å². The van der Waals surface area contributed by atoms with E-state index in [2.05, 4.69) is 5.32 Å². The molecule has 0 aliphatic carbocycles. The van der Waals surface area contributed by atoms with Crippen LogP contribution in [0.15, 0.2) is 48.5 Å². The van der Waals surface area contributed by atoms with Crippen LogP contribution < -0.4 is 10.8 Å². The van der Waals surface area contributed by atoms with Crippen LogP contribution in [0.4, 0.5) is 4.39 Å². The fourth-order valence-electron chi connectivity index (χ4n) is 2.81. The van der Waals surface area contributed by atoms with Gasteiger partial charge in [-0.05, 0) is 45.4 Å². The molecule has 4 nitrogen and oxygen atoms in total. The number of benzene rings is 2. The van der Waals surface area contributed by atoms with Gasteiger partial charge in [-0.2, -0.15) is 0 Å². The summed E-state index contributed by atoms with van der Waals surface area (Å²) in [5, 5.41) is 2.83. The van der Waals surface area contributed by atoms with E-state index in [0.717, 1.165) is 5.56 Å². The summed E-state index contributed by atoms with van der Waals surface area (Å²) in [6.07, 6.45) is 0. The fourth-order valence-corrected chi connectivity index (χ4v) is 2.81. The van der Waals surface area contributed by atoms with E-state index in [1.165, 1.54) is 12.1 Å². The molecule has 1 heterocycles. The normalized spacial score (nSPS) is 18.0. The molecule has 0 saturated carbocycles. The first kappa shape index (κ1) is 18.6. The smallest absolute Gasteiger partial charge is 0.399 e. The van der Waals surface area contributed by atoms with Crippen molar-refractivity contribution >= 4 is 18.5 Å². The molecule has 0 unspecified atom stereocenters. The van der Waals surface area contributed by atoms with Crippen LogP contribution in [-0.4, -0.2) is 24.2 Å². The van der Waals surface area contributed by atoms with Gasteiger partial charge in [0, 0.05) is 17.6 Å². The van der Waals surface area contributed by atoms with Crippen LogP contribution in [0.3, 0.4) is 0 Å². The Labute approximate surface area is 153 Å². The largest absolute Gasteiger partial charge is 0.498 e. The summed E-state index contributed by atoms with van der Waals surface area (Å²) >= 11 is 0. The summed E-state index contributed by atoms with van der Waals surface area (Å²) in [7, 11) is -0.932. The molecule has 1 aliphatic rings. The van der Waals surface area contributed by atoms with E-state index in [4.69, 9.17) is 9.31 Å². The molecule has 1 saturated heterocycles. The molecule has 6 heteroatoms. The number of amides is 1. The van der Waals surface area contributed by atoms with Gasteiger partial charge in [-0.3, -0.25) is 4.79 Å². The Balaban J connectivity index is 1.85. The zero-order valence-electron chi connectivity index (χ0n) is 15.5. The van der Waals surface area contributed by atoms with Crippen molar-refractivity contribution in [2.45, 2.75) is 45.4 Å². The van der Waals surface area contributed by atoms with Gasteiger partial charge in [0.2, 0.25) is 0 Å². The Hall–Kier alpha value is -2.18. The van der Waals surface area contributed by atoms with Gasteiger partial charge in [-0.15, -0.1) is 0 Å². The summed E-state index contributed by atoms with van der Waals surface area (Å²) in [5.74, 6) is -0.881. The Morgan fingerprint density at radius 3 is 2.23 bits per heavy atom. The maximum atomic E-state index is 14.6. The molecular weight excluding hydrogens is 332 g/mol. The molecule has 3 rings (SSSR count). The summed E-state index contributed by atoms with van der Waals surface area (Å²) in [4.78, 5) is 12.7. The first-order chi connectivity index (χ1) is 12.2. The van der Waals surface area contributed by atoms with E-state index in [1.807, 2.05) is 58.0 Å². The fraction of sp³-hybridized carbons (Fsp3) is 0.350. The van der Waals surface area contributed by atoms with E-state index >= 15 is 0 Å². The molecule has 2 aromatic rings. The number of hydrogen-bond donors (Lipinski definition) is 1. The number of nitrogens with one attached hydrogen (secondary N) is 1. The third kappa shape index (κ3) is 3.52. The first-order valence-electron chi connectivity index (χ1n) is 8.67. The number of halogens is 1. The molecule has 0 spiro atoms. The van der Waals surface area contributed by atoms with Gasteiger partial charge >= 0.3 is 7.12 Å². The SMILES string of the molecule is CC1(C)OB(c2c(F)cccc2C(=O)NCc2ccccc2)OC1(C)C.